The van der Waals surface area contributed by atoms with Crippen molar-refractivity contribution >= 4 is 23.9 Å². The first-order valence-corrected chi connectivity index (χ1v) is 7.12. The SMILES string of the molecule is COC(=O)C1=CCC2(C(=O)OC)C(C(=O)OC)=CCC12C(=O)OC. The molecular weight excluding hydrogens is 320 g/mol. The Morgan fingerprint density at radius 3 is 1.29 bits per heavy atom. The number of allylic oxidation sites excluding steroid dienone is 2. The normalized spacial score (nSPS) is 27.5. The monoisotopic (exact) mass is 338 g/mol. The van der Waals surface area contributed by atoms with Crippen molar-refractivity contribution < 1.29 is 38.1 Å². The van der Waals surface area contributed by atoms with Crippen LogP contribution in [0.3, 0.4) is 0 Å². The second-order valence-electron chi connectivity index (χ2n) is 5.42. The van der Waals surface area contributed by atoms with Crippen molar-refractivity contribution in [1.29, 1.82) is 0 Å². The van der Waals surface area contributed by atoms with Crippen molar-refractivity contribution in [3.05, 3.63) is 23.3 Å². The molecule has 24 heavy (non-hydrogen) atoms. The van der Waals surface area contributed by atoms with E-state index in [0.717, 1.165) is 28.4 Å². The average Bonchev–Trinajstić information content (AvgIpc) is 3.12. The van der Waals surface area contributed by atoms with Crippen LogP contribution in [-0.2, 0) is 38.1 Å². The summed E-state index contributed by atoms with van der Waals surface area (Å²) in [6.45, 7) is 0. The van der Waals surface area contributed by atoms with E-state index < -0.39 is 34.7 Å². The molecule has 0 saturated carbocycles. The minimum atomic E-state index is -1.72. The topological polar surface area (TPSA) is 105 Å². The van der Waals surface area contributed by atoms with Gasteiger partial charge < -0.3 is 18.9 Å². The van der Waals surface area contributed by atoms with Gasteiger partial charge in [0.15, 0.2) is 0 Å². The zero-order chi connectivity index (χ0) is 18.1. The molecule has 0 aromatic carbocycles. The first-order valence-electron chi connectivity index (χ1n) is 7.12. The second-order valence-corrected chi connectivity index (χ2v) is 5.42. The molecule has 0 fully saturated rings. The third kappa shape index (κ3) is 1.92. The lowest BCUT2D eigenvalue weighted by Crippen LogP contribution is -2.52. The maximum atomic E-state index is 12.7. The lowest BCUT2D eigenvalue weighted by molar-refractivity contribution is -0.171. The van der Waals surface area contributed by atoms with Crippen molar-refractivity contribution in [1.82, 2.24) is 0 Å². The smallest absolute Gasteiger partial charge is 0.334 e. The van der Waals surface area contributed by atoms with Crippen LogP contribution in [0.4, 0.5) is 0 Å². The highest BCUT2D eigenvalue weighted by atomic mass is 16.5. The van der Waals surface area contributed by atoms with Gasteiger partial charge in [-0.2, -0.15) is 0 Å². The van der Waals surface area contributed by atoms with Crippen LogP contribution in [0.15, 0.2) is 23.3 Å². The molecule has 0 heterocycles. The number of hydrogen-bond donors (Lipinski definition) is 0. The van der Waals surface area contributed by atoms with Crippen molar-refractivity contribution in [2.45, 2.75) is 12.8 Å². The van der Waals surface area contributed by atoms with Gasteiger partial charge in [0, 0.05) is 0 Å². The molecule has 0 aromatic rings. The molecule has 2 aliphatic carbocycles. The van der Waals surface area contributed by atoms with Crippen LogP contribution in [-0.4, -0.2) is 52.3 Å². The van der Waals surface area contributed by atoms with Crippen LogP contribution in [0.1, 0.15) is 12.8 Å². The van der Waals surface area contributed by atoms with Crippen LogP contribution in [0.2, 0.25) is 0 Å². The molecule has 0 saturated heterocycles. The Balaban J connectivity index is 2.74. The number of rotatable bonds is 4. The Hall–Kier alpha value is -2.64. The lowest BCUT2D eigenvalue weighted by atomic mass is 9.61. The molecule has 0 spiro atoms. The number of hydrogen-bond acceptors (Lipinski definition) is 8. The molecule has 2 unspecified atom stereocenters. The minimum Gasteiger partial charge on any atom is -0.468 e. The van der Waals surface area contributed by atoms with Crippen LogP contribution in [0, 0.1) is 10.8 Å². The summed E-state index contributed by atoms with van der Waals surface area (Å²) in [5.41, 5.74) is -3.49. The summed E-state index contributed by atoms with van der Waals surface area (Å²) in [7, 11) is 4.61. The number of fused-ring (bicyclic) bond motifs is 1. The number of ether oxygens (including phenoxy) is 4. The molecule has 0 bridgehead atoms. The van der Waals surface area contributed by atoms with Crippen molar-refractivity contribution in [3.63, 3.8) is 0 Å². The predicted molar refractivity (Wildman–Crippen MR) is 78.3 cm³/mol. The van der Waals surface area contributed by atoms with Gasteiger partial charge in [-0.25, -0.2) is 9.59 Å². The molecule has 130 valence electrons. The Labute approximate surface area is 138 Å². The summed E-state index contributed by atoms with van der Waals surface area (Å²) in [5, 5.41) is 0. The molecule has 8 heteroatoms. The molecule has 2 atom stereocenters. The zero-order valence-electron chi connectivity index (χ0n) is 13.8. The van der Waals surface area contributed by atoms with E-state index in [1.54, 1.807) is 0 Å². The molecule has 2 aliphatic rings. The summed E-state index contributed by atoms with van der Waals surface area (Å²) in [4.78, 5) is 49.7. The lowest BCUT2D eigenvalue weighted by Gasteiger charge is -2.38. The van der Waals surface area contributed by atoms with Crippen LogP contribution in [0.25, 0.3) is 0 Å². The van der Waals surface area contributed by atoms with Gasteiger partial charge in [-0.15, -0.1) is 0 Å². The van der Waals surface area contributed by atoms with Gasteiger partial charge in [0.1, 0.15) is 10.8 Å². The first-order chi connectivity index (χ1) is 11.4. The van der Waals surface area contributed by atoms with Crippen molar-refractivity contribution in [2.24, 2.45) is 10.8 Å². The average molecular weight is 338 g/mol. The van der Waals surface area contributed by atoms with Crippen molar-refractivity contribution in [3.8, 4) is 0 Å². The number of carbonyl (C=O) groups excluding carboxylic acids is 4. The molecule has 0 N–H and O–H groups in total. The highest BCUT2D eigenvalue weighted by molar-refractivity contribution is 6.10. The summed E-state index contributed by atoms with van der Waals surface area (Å²) >= 11 is 0. The van der Waals surface area contributed by atoms with Crippen LogP contribution < -0.4 is 0 Å². The predicted octanol–water partition coefficient (Wildman–Crippen LogP) is 0.311. The van der Waals surface area contributed by atoms with E-state index in [0.29, 0.717) is 0 Å². The quantitative estimate of drug-likeness (QED) is 0.533. The third-order valence-electron chi connectivity index (χ3n) is 4.75. The Kier molecular flexibility index (Phi) is 4.50. The van der Waals surface area contributed by atoms with E-state index in [1.165, 1.54) is 12.2 Å². The standard InChI is InChI=1S/C16H18O8/c1-21-11(17)9-5-7-16(14(20)24-4)10(12(18)22-2)6-8-15(9,16)13(19)23-3/h5-6H,7-8H2,1-4H3. The zero-order valence-corrected chi connectivity index (χ0v) is 13.8. The highest BCUT2D eigenvalue weighted by Crippen LogP contribution is 2.64. The fourth-order valence-electron chi connectivity index (χ4n) is 3.71. The highest BCUT2D eigenvalue weighted by Gasteiger charge is 2.73. The molecule has 8 nitrogen and oxygen atoms in total. The molecule has 0 aromatic heterocycles. The van der Waals surface area contributed by atoms with E-state index >= 15 is 0 Å². The maximum absolute atomic E-state index is 12.7. The third-order valence-corrected chi connectivity index (χ3v) is 4.75. The summed E-state index contributed by atoms with van der Waals surface area (Å²) < 4.78 is 19.2. The second kappa shape index (κ2) is 6.10. The molecule has 0 amide bonds. The Bertz CT molecular complexity index is 616. The van der Waals surface area contributed by atoms with Gasteiger partial charge in [-0.3, -0.25) is 9.59 Å². The van der Waals surface area contributed by atoms with E-state index in [4.69, 9.17) is 18.9 Å². The minimum absolute atomic E-state index is 0.0302. The van der Waals surface area contributed by atoms with Crippen LogP contribution >= 0.6 is 0 Å². The van der Waals surface area contributed by atoms with Gasteiger partial charge >= 0.3 is 23.9 Å². The molecule has 0 radical (unpaired) electrons. The van der Waals surface area contributed by atoms with E-state index in [2.05, 4.69) is 0 Å². The van der Waals surface area contributed by atoms with Gasteiger partial charge in [0.05, 0.1) is 39.6 Å². The number of carbonyl (C=O) groups is 4. The van der Waals surface area contributed by atoms with Gasteiger partial charge in [0.2, 0.25) is 0 Å². The van der Waals surface area contributed by atoms with E-state index in [-0.39, 0.29) is 24.0 Å². The summed E-state index contributed by atoms with van der Waals surface area (Å²) in [5.74, 6) is -3.19. The largest absolute Gasteiger partial charge is 0.468 e. The van der Waals surface area contributed by atoms with E-state index in [1.807, 2.05) is 0 Å². The molecule has 0 aliphatic heterocycles. The molecule has 2 rings (SSSR count). The van der Waals surface area contributed by atoms with Crippen molar-refractivity contribution in [2.75, 3.05) is 28.4 Å². The molecular formula is C16H18O8. The fraction of sp³-hybridized carbons (Fsp3) is 0.500. The first kappa shape index (κ1) is 17.7. The van der Waals surface area contributed by atoms with Gasteiger partial charge in [-0.1, -0.05) is 12.2 Å². The Morgan fingerprint density at radius 2 is 1.04 bits per heavy atom. The fourth-order valence-corrected chi connectivity index (χ4v) is 3.71. The van der Waals surface area contributed by atoms with Crippen LogP contribution in [0.5, 0.6) is 0 Å². The summed E-state index contributed by atoms with van der Waals surface area (Å²) in [6, 6.07) is 0. The van der Waals surface area contributed by atoms with Gasteiger partial charge in [0.25, 0.3) is 0 Å². The summed E-state index contributed by atoms with van der Waals surface area (Å²) in [6.07, 6.45) is 2.66. The van der Waals surface area contributed by atoms with E-state index in [9.17, 15) is 19.2 Å². The Morgan fingerprint density at radius 1 is 0.708 bits per heavy atom. The number of methoxy groups -OCH3 is 4. The number of esters is 4. The maximum Gasteiger partial charge on any atom is 0.334 e. The van der Waals surface area contributed by atoms with Gasteiger partial charge in [-0.05, 0) is 12.8 Å².